The number of allylic oxidation sites excluding steroid dienone is 1. The Kier molecular flexibility index (Phi) is 6.55. The number of hydrogen-bond donors (Lipinski definition) is 1. The van der Waals surface area contributed by atoms with Crippen LogP contribution in [0.5, 0.6) is 23.0 Å². The third-order valence-electron chi connectivity index (χ3n) is 6.11. The lowest BCUT2D eigenvalue weighted by atomic mass is 10.0. The van der Waals surface area contributed by atoms with Crippen LogP contribution < -0.4 is 19.5 Å². The second-order valence-corrected chi connectivity index (χ2v) is 8.47. The van der Waals surface area contributed by atoms with Gasteiger partial charge in [-0.1, -0.05) is 36.4 Å². The summed E-state index contributed by atoms with van der Waals surface area (Å²) in [6.45, 7) is 0. The fourth-order valence-corrected chi connectivity index (χ4v) is 4.30. The molecule has 0 spiro atoms. The Morgan fingerprint density at radius 3 is 2.11 bits per heavy atom. The van der Waals surface area contributed by atoms with Gasteiger partial charge in [-0.25, -0.2) is 0 Å². The van der Waals surface area contributed by atoms with Crippen LogP contribution in [-0.2, 0) is 6.18 Å². The lowest BCUT2D eigenvalue weighted by Gasteiger charge is -2.14. The summed E-state index contributed by atoms with van der Waals surface area (Å²) in [5.41, 5.74) is 2.99. The summed E-state index contributed by atoms with van der Waals surface area (Å²) in [5, 5.41) is 3.34. The number of hydrogen-bond acceptors (Lipinski definition) is 5. The number of alkyl halides is 3. The van der Waals surface area contributed by atoms with E-state index in [1.807, 2.05) is 18.2 Å². The van der Waals surface area contributed by atoms with Gasteiger partial charge in [0.25, 0.3) is 0 Å². The number of Topliss-reactive ketones (excluding diaryl/α,β-unsaturated/α-hetero) is 1. The van der Waals surface area contributed by atoms with E-state index in [4.69, 9.17) is 14.2 Å². The van der Waals surface area contributed by atoms with Gasteiger partial charge < -0.3 is 19.5 Å². The molecule has 1 N–H and O–H groups in total. The average molecular weight is 518 g/mol. The smallest absolute Gasteiger partial charge is 0.416 e. The zero-order valence-corrected chi connectivity index (χ0v) is 20.4. The van der Waals surface area contributed by atoms with Gasteiger partial charge >= 0.3 is 6.18 Å². The number of benzene rings is 4. The molecule has 1 aliphatic rings. The number of fused-ring (bicyclic) bond motifs is 1. The molecule has 0 saturated heterocycles. The first-order valence-electron chi connectivity index (χ1n) is 11.6. The number of carbonyl (C=O) groups excluding carboxylic acids is 1. The molecule has 0 fully saturated rings. The third-order valence-corrected chi connectivity index (χ3v) is 6.11. The Bertz CT molecular complexity index is 1540. The van der Waals surface area contributed by atoms with E-state index >= 15 is 0 Å². The van der Waals surface area contributed by atoms with Crippen LogP contribution >= 0.6 is 0 Å². The first kappa shape index (κ1) is 25.0. The van der Waals surface area contributed by atoms with E-state index in [0.29, 0.717) is 45.3 Å². The lowest BCUT2D eigenvalue weighted by molar-refractivity contribution is -0.137. The molecule has 0 saturated carbocycles. The van der Waals surface area contributed by atoms with Gasteiger partial charge in [0.05, 0.1) is 31.1 Å². The molecule has 1 aliphatic carbocycles. The molecule has 38 heavy (non-hydrogen) atoms. The number of nitrogens with one attached hydrogen (secondary N) is 1. The van der Waals surface area contributed by atoms with E-state index in [2.05, 4.69) is 5.32 Å². The van der Waals surface area contributed by atoms with Crippen LogP contribution in [0.15, 0.2) is 91.0 Å². The van der Waals surface area contributed by atoms with Crippen LogP contribution in [-0.4, -0.2) is 20.0 Å². The van der Waals surface area contributed by atoms with E-state index in [9.17, 15) is 18.0 Å². The quantitative estimate of drug-likeness (QED) is 0.272. The summed E-state index contributed by atoms with van der Waals surface area (Å²) in [6.07, 6.45) is -4.46. The normalized spacial score (nSPS) is 12.8. The van der Waals surface area contributed by atoms with Crippen molar-refractivity contribution in [3.8, 4) is 23.0 Å². The molecular formula is C30H22F3NO4. The summed E-state index contributed by atoms with van der Waals surface area (Å²) in [5.74, 6) is 1.36. The fourth-order valence-electron chi connectivity index (χ4n) is 4.30. The van der Waals surface area contributed by atoms with Crippen LogP contribution in [0.2, 0.25) is 0 Å². The number of carbonyl (C=O) groups is 1. The molecule has 0 bridgehead atoms. The molecule has 0 aliphatic heterocycles. The number of rotatable bonds is 7. The second kappa shape index (κ2) is 9.97. The predicted octanol–water partition coefficient (Wildman–Crippen LogP) is 7.69. The Hall–Kier alpha value is -4.72. The van der Waals surface area contributed by atoms with Crippen molar-refractivity contribution < 1.29 is 32.2 Å². The van der Waals surface area contributed by atoms with Gasteiger partial charge in [-0.3, -0.25) is 4.79 Å². The van der Waals surface area contributed by atoms with Crippen molar-refractivity contribution in [2.45, 2.75) is 6.18 Å². The largest absolute Gasteiger partial charge is 0.493 e. The average Bonchev–Trinajstić information content (AvgIpc) is 3.20. The third kappa shape index (κ3) is 4.80. The number of anilines is 1. The molecular weight excluding hydrogens is 495 g/mol. The van der Waals surface area contributed by atoms with Crippen molar-refractivity contribution >= 4 is 22.7 Å². The minimum atomic E-state index is -4.46. The number of halogens is 3. The van der Waals surface area contributed by atoms with Crippen LogP contribution in [0.4, 0.5) is 18.9 Å². The highest BCUT2D eigenvalue weighted by molar-refractivity contribution is 6.40. The Morgan fingerprint density at radius 2 is 1.42 bits per heavy atom. The molecule has 4 aromatic carbocycles. The monoisotopic (exact) mass is 517 g/mol. The van der Waals surface area contributed by atoms with E-state index in [0.717, 1.165) is 17.7 Å². The molecule has 0 radical (unpaired) electrons. The minimum absolute atomic E-state index is 0.0781. The van der Waals surface area contributed by atoms with Crippen LogP contribution in [0, 0.1) is 0 Å². The molecule has 5 rings (SSSR count). The van der Waals surface area contributed by atoms with Gasteiger partial charge in [0, 0.05) is 16.8 Å². The van der Waals surface area contributed by atoms with Crippen molar-refractivity contribution in [2.24, 2.45) is 0 Å². The zero-order valence-electron chi connectivity index (χ0n) is 20.4. The topological polar surface area (TPSA) is 56.8 Å². The number of ketones is 1. The molecule has 4 aromatic rings. The highest BCUT2D eigenvalue weighted by atomic mass is 19.4. The predicted molar refractivity (Wildman–Crippen MR) is 139 cm³/mol. The van der Waals surface area contributed by atoms with Gasteiger partial charge in [0.15, 0.2) is 17.3 Å². The van der Waals surface area contributed by atoms with E-state index in [1.165, 1.54) is 19.2 Å². The second-order valence-electron chi connectivity index (χ2n) is 8.47. The van der Waals surface area contributed by atoms with Gasteiger partial charge in [0.2, 0.25) is 0 Å². The maximum absolute atomic E-state index is 13.4. The highest BCUT2D eigenvalue weighted by Gasteiger charge is 2.32. The number of methoxy groups -OCH3 is 2. The molecule has 8 heteroatoms. The maximum atomic E-state index is 13.4. The van der Waals surface area contributed by atoms with Gasteiger partial charge in [0.1, 0.15) is 11.5 Å². The summed E-state index contributed by atoms with van der Waals surface area (Å²) < 4.78 is 55.4. The van der Waals surface area contributed by atoms with Gasteiger partial charge in [-0.05, 0) is 60.2 Å². The molecule has 0 unspecified atom stereocenters. The van der Waals surface area contributed by atoms with Gasteiger partial charge in [-0.15, -0.1) is 0 Å². The van der Waals surface area contributed by atoms with Crippen molar-refractivity contribution in [3.63, 3.8) is 0 Å². The highest BCUT2D eigenvalue weighted by Crippen LogP contribution is 2.41. The van der Waals surface area contributed by atoms with Crippen molar-refractivity contribution in [2.75, 3.05) is 19.5 Å². The van der Waals surface area contributed by atoms with Crippen LogP contribution in [0.25, 0.3) is 11.3 Å². The molecule has 5 nitrogen and oxygen atoms in total. The fraction of sp³-hybridized carbons (Fsp3) is 0.100. The van der Waals surface area contributed by atoms with Crippen LogP contribution in [0.1, 0.15) is 27.0 Å². The summed E-state index contributed by atoms with van der Waals surface area (Å²) >= 11 is 0. The molecule has 0 aromatic heterocycles. The number of ether oxygens (including phenoxy) is 3. The lowest BCUT2D eigenvalue weighted by Crippen LogP contribution is -2.04. The Labute approximate surface area is 217 Å². The van der Waals surface area contributed by atoms with E-state index in [1.54, 1.807) is 55.6 Å². The van der Waals surface area contributed by atoms with Crippen LogP contribution in [0.3, 0.4) is 0 Å². The minimum Gasteiger partial charge on any atom is -0.493 e. The summed E-state index contributed by atoms with van der Waals surface area (Å²) in [6, 6.07) is 24.1. The van der Waals surface area contributed by atoms with Crippen molar-refractivity contribution in [1.29, 1.82) is 0 Å². The summed E-state index contributed by atoms with van der Waals surface area (Å²) in [4.78, 5) is 13.4. The molecule has 0 atom stereocenters. The summed E-state index contributed by atoms with van der Waals surface area (Å²) in [7, 11) is 3.07. The molecule has 0 amide bonds. The van der Waals surface area contributed by atoms with E-state index in [-0.39, 0.29) is 11.5 Å². The van der Waals surface area contributed by atoms with Crippen molar-refractivity contribution in [3.05, 3.63) is 113 Å². The standard InChI is InChI=1S/C30H22F3NO4/c1-36-25-15-10-18(16-26(25)37-2)27-28(23-8-3-4-9-24(23)29(27)35)34-20-11-13-21(14-12-20)38-22-7-5-6-19(17-22)30(31,32)33/h3-17,34H,1-2H3. The Balaban J connectivity index is 1.46. The first-order chi connectivity index (χ1) is 18.3. The first-order valence-corrected chi connectivity index (χ1v) is 11.6. The zero-order chi connectivity index (χ0) is 26.9. The Morgan fingerprint density at radius 1 is 0.711 bits per heavy atom. The molecule has 0 heterocycles. The van der Waals surface area contributed by atoms with Gasteiger partial charge in [-0.2, -0.15) is 13.2 Å². The molecule has 192 valence electrons. The van der Waals surface area contributed by atoms with E-state index < -0.39 is 11.7 Å². The van der Waals surface area contributed by atoms with Crippen molar-refractivity contribution in [1.82, 2.24) is 0 Å². The maximum Gasteiger partial charge on any atom is 0.416 e. The SMILES string of the molecule is COc1ccc(C2=C(Nc3ccc(Oc4cccc(C(F)(F)F)c4)cc3)c3ccccc3C2=O)cc1OC.